The molecular weight excluding hydrogens is 238 g/mol. The molecule has 8 nitrogen and oxygen atoms in total. The largest absolute Gasteiger partial charge is 0.481 e. The normalized spacial score (nSPS) is 11.9. The highest BCUT2D eigenvalue weighted by atomic mass is 16.4. The minimum atomic E-state index is -0.927. The van der Waals surface area contributed by atoms with Crippen LogP contribution < -0.4 is 5.32 Å². The van der Waals surface area contributed by atoms with Gasteiger partial charge in [-0.05, 0) is 13.8 Å². The molecule has 0 bridgehead atoms. The summed E-state index contributed by atoms with van der Waals surface area (Å²) in [5.41, 5.74) is 0. The molecule has 1 rings (SSSR count). The monoisotopic (exact) mass is 255 g/mol. The van der Waals surface area contributed by atoms with Gasteiger partial charge < -0.3 is 15.3 Å². The van der Waals surface area contributed by atoms with Gasteiger partial charge in [0.2, 0.25) is 0 Å². The highest BCUT2D eigenvalue weighted by molar-refractivity contribution is 5.75. The van der Waals surface area contributed by atoms with E-state index in [0.717, 1.165) is 0 Å². The molecule has 0 fully saturated rings. The van der Waals surface area contributed by atoms with Crippen LogP contribution >= 0.6 is 0 Å². The number of nitrogens with zero attached hydrogens (tertiary/aromatic N) is 3. The molecule has 0 aliphatic carbocycles. The van der Waals surface area contributed by atoms with Crippen LogP contribution in [0.15, 0.2) is 6.33 Å². The Labute approximate surface area is 104 Å². The third-order valence-corrected chi connectivity index (χ3v) is 2.48. The van der Waals surface area contributed by atoms with Crippen molar-refractivity contribution in [3.05, 3.63) is 12.2 Å². The summed E-state index contributed by atoms with van der Waals surface area (Å²) >= 11 is 0. The summed E-state index contributed by atoms with van der Waals surface area (Å²) in [6, 6.07) is -0.676. The lowest BCUT2D eigenvalue weighted by Gasteiger charge is -2.26. The fourth-order valence-electron chi connectivity index (χ4n) is 1.60. The summed E-state index contributed by atoms with van der Waals surface area (Å²) in [5, 5.41) is 17.6. The van der Waals surface area contributed by atoms with Crippen molar-refractivity contribution in [1.82, 2.24) is 25.4 Å². The lowest BCUT2D eigenvalue weighted by atomic mass is 10.2. The molecule has 2 amide bonds. The Hall–Kier alpha value is -2.12. The number of urea groups is 1. The Morgan fingerprint density at radius 1 is 1.61 bits per heavy atom. The zero-order chi connectivity index (χ0) is 13.5. The molecule has 1 aromatic heterocycles. The highest BCUT2D eigenvalue weighted by Gasteiger charge is 2.20. The number of H-pyrrole nitrogens is 1. The van der Waals surface area contributed by atoms with Crippen molar-refractivity contribution in [3.63, 3.8) is 0 Å². The first-order valence-electron chi connectivity index (χ1n) is 5.65. The number of hydrogen-bond acceptors (Lipinski definition) is 4. The first-order valence-corrected chi connectivity index (χ1v) is 5.65. The van der Waals surface area contributed by atoms with Crippen molar-refractivity contribution >= 4 is 12.0 Å². The lowest BCUT2D eigenvalue weighted by molar-refractivity contribution is -0.138. The van der Waals surface area contributed by atoms with Gasteiger partial charge in [0, 0.05) is 12.6 Å². The summed E-state index contributed by atoms with van der Waals surface area (Å²) in [5.74, 6) is -0.380. The van der Waals surface area contributed by atoms with E-state index in [0.29, 0.717) is 12.4 Å². The average Bonchev–Trinajstić information content (AvgIpc) is 2.79. The second kappa shape index (κ2) is 6.58. The fourth-order valence-corrected chi connectivity index (χ4v) is 1.60. The molecule has 1 heterocycles. The summed E-state index contributed by atoms with van der Waals surface area (Å²) in [7, 11) is 0. The first kappa shape index (κ1) is 13.9. The van der Waals surface area contributed by atoms with Gasteiger partial charge in [-0.15, -0.1) is 0 Å². The van der Waals surface area contributed by atoms with Crippen LogP contribution in [0.2, 0.25) is 0 Å². The third-order valence-electron chi connectivity index (χ3n) is 2.48. The Morgan fingerprint density at radius 3 is 2.83 bits per heavy atom. The third kappa shape index (κ3) is 4.04. The van der Waals surface area contributed by atoms with Crippen molar-refractivity contribution in [2.75, 3.05) is 6.54 Å². The summed E-state index contributed by atoms with van der Waals surface area (Å²) in [4.78, 5) is 27.8. The fraction of sp³-hybridized carbons (Fsp3) is 0.600. The summed E-state index contributed by atoms with van der Waals surface area (Å²) in [6.07, 6.45) is 1.27. The maximum atomic E-state index is 11.9. The van der Waals surface area contributed by atoms with Crippen LogP contribution in [0.3, 0.4) is 0 Å². The van der Waals surface area contributed by atoms with E-state index in [-0.39, 0.29) is 25.0 Å². The van der Waals surface area contributed by atoms with Gasteiger partial charge in [-0.2, -0.15) is 5.10 Å². The number of nitrogens with one attached hydrogen (secondary N) is 2. The standard InChI is InChI=1S/C10H17N5O3/c1-3-15(7(2)4-9(16)17)10(18)11-5-8-12-6-13-14-8/h6-7H,3-5H2,1-2H3,(H,11,18)(H,16,17)(H,12,13,14). The van der Waals surface area contributed by atoms with Crippen molar-refractivity contribution in [2.24, 2.45) is 0 Å². The lowest BCUT2D eigenvalue weighted by Crippen LogP contribution is -2.45. The molecule has 0 aliphatic heterocycles. The molecule has 3 N–H and O–H groups in total. The zero-order valence-corrected chi connectivity index (χ0v) is 10.4. The van der Waals surface area contributed by atoms with Gasteiger partial charge in [-0.1, -0.05) is 0 Å². The number of carboxylic acids is 1. The van der Waals surface area contributed by atoms with Gasteiger partial charge in [0.05, 0.1) is 13.0 Å². The molecule has 8 heteroatoms. The van der Waals surface area contributed by atoms with E-state index >= 15 is 0 Å². The Balaban J connectivity index is 2.48. The van der Waals surface area contributed by atoms with Gasteiger partial charge in [-0.25, -0.2) is 9.78 Å². The van der Waals surface area contributed by atoms with Gasteiger partial charge in [0.25, 0.3) is 0 Å². The SMILES string of the molecule is CCN(C(=O)NCc1ncn[nH]1)C(C)CC(=O)O. The number of aromatic nitrogens is 3. The van der Waals surface area contributed by atoms with Crippen LogP contribution in [0.5, 0.6) is 0 Å². The Morgan fingerprint density at radius 2 is 2.33 bits per heavy atom. The molecule has 18 heavy (non-hydrogen) atoms. The van der Waals surface area contributed by atoms with Gasteiger partial charge in [0.15, 0.2) is 0 Å². The number of rotatable bonds is 6. The van der Waals surface area contributed by atoms with Crippen molar-refractivity contribution in [3.8, 4) is 0 Å². The van der Waals surface area contributed by atoms with Crippen molar-refractivity contribution in [2.45, 2.75) is 32.9 Å². The van der Waals surface area contributed by atoms with Crippen LogP contribution in [-0.4, -0.2) is 49.8 Å². The van der Waals surface area contributed by atoms with Crippen molar-refractivity contribution < 1.29 is 14.7 Å². The molecule has 1 aromatic rings. The predicted octanol–water partition coefficient (Wildman–Crippen LogP) is 0.199. The van der Waals surface area contributed by atoms with Crippen LogP contribution in [-0.2, 0) is 11.3 Å². The second-order valence-corrected chi connectivity index (χ2v) is 3.82. The summed E-state index contributed by atoms with van der Waals surface area (Å²) < 4.78 is 0. The van der Waals surface area contributed by atoms with Crippen molar-refractivity contribution in [1.29, 1.82) is 0 Å². The second-order valence-electron chi connectivity index (χ2n) is 3.82. The number of carbonyl (C=O) groups is 2. The highest BCUT2D eigenvalue weighted by Crippen LogP contribution is 2.04. The van der Waals surface area contributed by atoms with Gasteiger partial charge in [-0.3, -0.25) is 9.89 Å². The van der Waals surface area contributed by atoms with Crippen LogP contribution in [0.4, 0.5) is 4.79 Å². The average molecular weight is 255 g/mol. The molecule has 1 unspecified atom stereocenters. The molecule has 0 aliphatic rings. The minimum Gasteiger partial charge on any atom is -0.481 e. The van der Waals surface area contributed by atoms with E-state index in [1.807, 2.05) is 0 Å². The molecule has 0 saturated carbocycles. The predicted molar refractivity (Wildman–Crippen MR) is 62.7 cm³/mol. The molecule has 0 radical (unpaired) electrons. The van der Waals surface area contributed by atoms with Crippen LogP contribution in [0.1, 0.15) is 26.1 Å². The van der Waals surface area contributed by atoms with E-state index in [2.05, 4.69) is 20.5 Å². The molecule has 100 valence electrons. The minimum absolute atomic E-state index is 0.0798. The quantitative estimate of drug-likeness (QED) is 0.672. The van der Waals surface area contributed by atoms with E-state index in [4.69, 9.17) is 5.11 Å². The number of carbonyl (C=O) groups excluding carboxylic acids is 1. The zero-order valence-electron chi connectivity index (χ0n) is 10.4. The molecule has 1 atom stereocenters. The van der Waals surface area contributed by atoms with Crippen LogP contribution in [0, 0.1) is 0 Å². The first-order chi connectivity index (χ1) is 8.54. The number of carboxylic acid groups (broad SMARTS) is 1. The smallest absolute Gasteiger partial charge is 0.318 e. The Bertz CT molecular complexity index is 392. The van der Waals surface area contributed by atoms with Crippen LogP contribution in [0.25, 0.3) is 0 Å². The van der Waals surface area contributed by atoms with E-state index in [9.17, 15) is 9.59 Å². The molecular formula is C10H17N5O3. The summed E-state index contributed by atoms with van der Waals surface area (Å²) in [6.45, 7) is 4.17. The molecule has 0 aromatic carbocycles. The van der Waals surface area contributed by atoms with E-state index in [1.165, 1.54) is 11.2 Å². The maximum Gasteiger partial charge on any atom is 0.318 e. The number of aromatic amines is 1. The van der Waals surface area contributed by atoms with Gasteiger partial charge in [0.1, 0.15) is 12.2 Å². The molecule has 0 saturated heterocycles. The number of aliphatic carboxylic acids is 1. The van der Waals surface area contributed by atoms with E-state index < -0.39 is 5.97 Å². The number of amides is 2. The van der Waals surface area contributed by atoms with E-state index in [1.54, 1.807) is 13.8 Å². The van der Waals surface area contributed by atoms with Gasteiger partial charge >= 0.3 is 12.0 Å². The maximum absolute atomic E-state index is 11.9. The topological polar surface area (TPSA) is 111 Å². The number of hydrogen-bond donors (Lipinski definition) is 3. The Kier molecular flexibility index (Phi) is 5.09. The molecule has 0 spiro atoms.